The van der Waals surface area contributed by atoms with Crippen molar-refractivity contribution in [2.75, 3.05) is 0 Å². The van der Waals surface area contributed by atoms with Crippen molar-refractivity contribution in [3.8, 4) is 0 Å². The van der Waals surface area contributed by atoms with Gasteiger partial charge in [-0.3, -0.25) is 0 Å². The molecule has 0 amide bonds. The maximum atomic E-state index is 3.86. The van der Waals surface area contributed by atoms with Gasteiger partial charge in [0.15, 0.2) is 0 Å². The Kier molecular flexibility index (Phi) is 5.85. The summed E-state index contributed by atoms with van der Waals surface area (Å²) >= 11 is 0. The van der Waals surface area contributed by atoms with E-state index in [1.807, 2.05) is 25.2 Å². The topological polar surface area (TPSA) is 0 Å². The van der Waals surface area contributed by atoms with Crippen molar-refractivity contribution in [3.63, 3.8) is 0 Å². The summed E-state index contributed by atoms with van der Waals surface area (Å²) in [6.45, 7) is 8.02. The molecule has 0 heterocycles. The summed E-state index contributed by atoms with van der Waals surface area (Å²) in [5.41, 5.74) is 6.92. The molecular weight excluding hydrogens is 204 g/mol. The molecule has 0 nitrogen and oxygen atoms in total. The average molecular weight is 224 g/mol. The monoisotopic (exact) mass is 224 g/mol. The first-order chi connectivity index (χ1) is 8.20. The molecule has 0 fully saturated rings. The van der Waals surface area contributed by atoms with Crippen molar-refractivity contribution in [2.45, 2.75) is 26.7 Å². The van der Waals surface area contributed by atoms with E-state index in [4.69, 9.17) is 0 Å². The van der Waals surface area contributed by atoms with Gasteiger partial charge in [0.1, 0.15) is 0 Å². The maximum absolute atomic E-state index is 3.86. The highest BCUT2D eigenvalue weighted by atomic mass is 14.0. The smallest absolute Gasteiger partial charge is 0.00915 e. The molecule has 0 saturated carbocycles. The van der Waals surface area contributed by atoms with Gasteiger partial charge >= 0.3 is 0 Å². The van der Waals surface area contributed by atoms with Crippen LogP contribution in [-0.2, 0) is 0 Å². The second-order valence-corrected chi connectivity index (χ2v) is 4.27. The lowest BCUT2D eigenvalue weighted by molar-refractivity contribution is 1.22. The van der Waals surface area contributed by atoms with Crippen molar-refractivity contribution in [1.82, 2.24) is 0 Å². The third kappa shape index (κ3) is 5.75. The second kappa shape index (κ2) is 7.49. The summed E-state index contributed by atoms with van der Waals surface area (Å²) in [4.78, 5) is 0. The van der Waals surface area contributed by atoms with Gasteiger partial charge in [-0.15, -0.1) is 5.73 Å². The zero-order valence-corrected chi connectivity index (χ0v) is 10.7. The fourth-order valence-corrected chi connectivity index (χ4v) is 1.47. The molecule has 0 radical (unpaired) electrons. The minimum absolute atomic E-state index is 0.957. The Morgan fingerprint density at radius 1 is 1.35 bits per heavy atom. The normalized spacial score (nSPS) is 15.2. The zero-order chi connectivity index (χ0) is 12.5. The molecule has 0 aromatic carbocycles. The predicted octanol–water partition coefficient (Wildman–Crippen LogP) is 5.05. The van der Waals surface area contributed by atoms with Gasteiger partial charge in [-0.25, -0.2) is 0 Å². The van der Waals surface area contributed by atoms with Crippen molar-refractivity contribution in [3.05, 3.63) is 77.6 Å². The molecule has 0 spiro atoms. The van der Waals surface area contributed by atoms with Crippen LogP contribution in [0.1, 0.15) is 26.7 Å². The summed E-state index contributed by atoms with van der Waals surface area (Å²) in [6, 6.07) is 0. The summed E-state index contributed by atoms with van der Waals surface area (Å²) in [7, 11) is 0. The Hall–Kier alpha value is -1.78. The molecule has 0 aromatic rings. The highest BCUT2D eigenvalue weighted by molar-refractivity contribution is 5.37. The van der Waals surface area contributed by atoms with Crippen LogP contribution < -0.4 is 0 Å². The van der Waals surface area contributed by atoms with Gasteiger partial charge < -0.3 is 0 Å². The number of hydrogen-bond acceptors (Lipinski definition) is 0. The SMILES string of the molecule is C=C(C)CC=C/C=C\CC1=C(C)C=C=CC=C1. The van der Waals surface area contributed by atoms with Gasteiger partial charge in [0, 0.05) is 0 Å². The summed E-state index contributed by atoms with van der Waals surface area (Å²) < 4.78 is 0. The van der Waals surface area contributed by atoms with Crippen molar-refractivity contribution < 1.29 is 0 Å². The van der Waals surface area contributed by atoms with Gasteiger partial charge in [-0.2, -0.15) is 0 Å². The minimum atomic E-state index is 0.957. The quantitative estimate of drug-likeness (QED) is 0.348. The van der Waals surface area contributed by atoms with Crippen LogP contribution in [0.15, 0.2) is 77.6 Å². The molecule has 1 rings (SSSR count). The fourth-order valence-electron chi connectivity index (χ4n) is 1.47. The van der Waals surface area contributed by atoms with Crippen LogP contribution in [0.5, 0.6) is 0 Å². The van der Waals surface area contributed by atoms with Crippen LogP contribution >= 0.6 is 0 Å². The molecular formula is C17H20. The van der Waals surface area contributed by atoms with Crippen LogP contribution in [0.3, 0.4) is 0 Å². The zero-order valence-electron chi connectivity index (χ0n) is 10.7. The van der Waals surface area contributed by atoms with Crippen LogP contribution in [0.25, 0.3) is 0 Å². The lowest BCUT2D eigenvalue weighted by Crippen LogP contribution is -1.80. The molecule has 0 N–H and O–H groups in total. The molecule has 0 unspecified atom stereocenters. The third-order valence-corrected chi connectivity index (χ3v) is 2.48. The second-order valence-electron chi connectivity index (χ2n) is 4.27. The standard InChI is InChI=1S/C17H20/c1-15(2)11-7-4-5-9-13-17-14-10-6-8-12-16(17)3/h4-7,9-10,12,14H,1,11,13H2,2-3H3/b7-4?,9-5-. The lowest BCUT2D eigenvalue weighted by atomic mass is 10.1. The van der Waals surface area contributed by atoms with Crippen LogP contribution in [-0.4, -0.2) is 0 Å². The molecule has 0 atom stereocenters. The van der Waals surface area contributed by atoms with Crippen LogP contribution in [0.4, 0.5) is 0 Å². The van der Waals surface area contributed by atoms with Crippen molar-refractivity contribution >= 4 is 0 Å². The first-order valence-corrected chi connectivity index (χ1v) is 5.95. The third-order valence-electron chi connectivity index (χ3n) is 2.48. The molecule has 0 heteroatoms. The number of allylic oxidation sites excluding steroid dienone is 10. The average Bonchev–Trinajstić information content (AvgIpc) is 2.48. The van der Waals surface area contributed by atoms with Crippen molar-refractivity contribution in [1.29, 1.82) is 0 Å². The van der Waals surface area contributed by atoms with Crippen LogP contribution in [0, 0.1) is 0 Å². The van der Waals surface area contributed by atoms with E-state index >= 15 is 0 Å². The van der Waals surface area contributed by atoms with Crippen LogP contribution in [0.2, 0.25) is 0 Å². The molecule has 0 bridgehead atoms. The van der Waals surface area contributed by atoms with E-state index in [2.05, 4.69) is 49.6 Å². The summed E-state index contributed by atoms with van der Waals surface area (Å²) in [5.74, 6) is 0. The molecule has 0 aliphatic heterocycles. The molecule has 17 heavy (non-hydrogen) atoms. The molecule has 1 aliphatic carbocycles. The van der Waals surface area contributed by atoms with Crippen molar-refractivity contribution in [2.24, 2.45) is 0 Å². The van der Waals surface area contributed by atoms with E-state index in [0.717, 1.165) is 12.8 Å². The van der Waals surface area contributed by atoms with E-state index in [9.17, 15) is 0 Å². The highest BCUT2D eigenvalue weighted by Crippen LogP contribution is 2.14. The number of hydrogen-bond donors (Lipinski definition) is 0. The summed E-state index contributed by atoms with van der Waals surface area (Å²) in [6.07, 6.45) is 18.6. The van der Waals surface area contributed by atoms with E-state index in [1.54, 1.807) is 0 Å². The number of rotatable bonds is 5. The minimum Gasteiger partial charge on any atom is -0.121 e. The van der Waals surface area contributed by atoms with E-state index in [1.165, 1.54) is 16.7 Å². The van der Waals surface area contributed by atoms with Gasteiger partial charge in [-0.1, -0.05) is 48.6 Å². The van der Waals surface area contributed by atoms with Gasteiger partial charge in [-0.05, 0) is 50.0 Å². The largest absolute Gasteiger partial charge is 0.121 e. The highest BCUT2D eigenvalue weighted by Gasteiger charge is 1.94. The van der Waals surface area contributed by atoms with E-state index < -0.39 is 0 Å². The van der Waals surface area contributed by atoms with Gasteiger partial charge in [0.2, 0.25) is 0 Å². The van der Waals surface area contributed by atoms with Gasteiger partial charge in [0.25, 0.3) is 0 Å². The van der Waals surface area contributed by atoms with E-state index in [-0.39, 0.29) is 0 Å². The maximum Gasteiger partial charge on any atom is -0.00915 e. The Bertz CT molecular complexity index is 444. The Balaban J connectivity index is 2.46. The van der Waals surface area contributed by atoms with Gasteiger partial charge in [0.05, 0.1) is 0 Å². The summed E-state index contributed by atoms with van der Waals surface area (Å²) in [5, 5.41) is 0. The first-order valence-electron chi connectivity index (χ1n) is 5.95. The first kappa shape index (κ1) is 13.3. The molecule has 0 aromatic heterocycles. The molecule has 0 saturated heterocycles. The van der Waals surface area contributed by atoms with E-state index in [0.29, 0.717) is 0 Å². The fraction of sp³-hybridized carbons (Fsp3) is 0.235. The molecule has 88 valence electrons. The lowest BCUT2D eigenvalue weighted by Gasteiger charge is -1.99. The Morgan fingerprint density at radius 3 is 2.88 bits per heavy atom. The predicted molar refractivity (Wildman–Crippen MR) is 76.8 cm³/mol. The Morgan fingerprint density at radius 2 is 2.12 bits per heavy atom. The Labute approximate surface area is 105 Å². The molecule has 1 aliphatic rings.